The fourth-order valence-electron chi connectivity index (χ4n) is 2.50. The molecule has 2 aliphatic rings. The molecule has 4 atom stereocenters. The topological polar surface area (TPSA) is 74.2 Å². The van der Waals surface area contributed by atoms with Gasteiger partial charge in [-0.25, -0.2) is 4.79 Å². The Kier molecular flexibility index (Phi) is 4.20. The molecule has 1 N–H and O–H groups in total. The van der Waals surface area contributed by atoms with Crippen LogP contribution in [0, 0.1) is 0 Å². The van der Waals surface area contributed by atoms with Gasteiger partial charge in [0.15, 0.2) is 18.0 Å². The summed E-state index contributed by atoms with van der Waals surface area (Å²) in [4.78, 5) is 12.0. The van der Waals surface area contributed by atoms with Crippen molar-refractivity contribution in [2.24, 2.45) is 0 Å². The Morgan fingerprint density at radius 2 is 2.05 bits per heavy atom. The van der Waals surface area contributed by atoms with E-state index in [9.17, 15) is 9.90 Å². The van der Waals surface area contributed by atoms with Crippen molar-refractivity contribution in [1.29, 1.82) is 0 Å². The minimum atomic E-state index is -0.906. The minimum absolute atomic E-state index is 0.125. The Balaban J connectivity index is 2.26. The molecule has 114 valence electrons. The van der Waals surface area contributed by atoms with Crippen LogP contribution in [0.15, 0.2) is 12.2 Å². The van der Waals surface area contributed by atoms with Crippen LogP contribution in [0.25, 0.3) is 0 Å². The Bertz CT molecular complexity index is 402. The summed E-state index contributed by atoms with van der Waals surface area (Å²) in [6.45, 7) is 10.7. The lowest BCUT2D eigenvalue weighted by Gasteiger charge is -2.43. The van der Waals surface area contributed by atoms with Gasteiger partial charge in [0.25, 0.3) is 0 Å². The standard InChI is InChI=1S/C14H22O6/c1-7(2)17-12-11-10(18-13(12)16)9(8(3)6-15)19-14(4,5)20-11/h7,9-12,15H,3,6H2,1-2,4-5H3/t9-,10+,11-,12-/m1/s1. The highest BCUT2D eigenvalue weighted by molar-refractivity contribution is 5.78. The van der Waals surface area contributed by atoms with Gasteiger partial charge < -0.3 is 24.1 Å². The third kappa shape index (κ3) is 2.88. The smallest absolute Gasteiger partial charge is 0.338 e. The SMILES string of the molecule is C=C(CO)[C@H]1OC(C)(C)O[C@@H]2[C@H]1OC(=O)[C@@H]2OC(C)C. The van der Waals surface area contributed by atoms with Crippen LogP contribution in [0.3, 0.4) is 0 Å². The van der Waals surface area contributed by atoms with Crippen LogP contribution in [0.1, 0.15) is 27.7 Å². The third-order valence-corrected chi connectivity index (χ3v) is 3.26. The highest BCUT2D eigenvalue weighted by Crippen LogP contribution is 2.38. The molecule has 2 aliphatic heterocycles. The molecule has 2 fully saturated rings. The number of carbonyl (C=O) groups excluding carboxylic acids is 1. The number of carbonyl (C=O) groups is 1. The molecule has 0 spiro atoms. The van der Waals surface area contributed by atoms with E-state index in [0.29, 0.717) is 5.57 Å². The predicted octanol–water partition coefficient (Wildman–Crippen LogP) is 0.774. The molecule has 0 unspecified atom stereocenters. The highest BCUT2D eigenvalue weighted by Gasteiger charge is 2.57. The normalized spacial score (nSPS) is 35.8. The average molecular weight is 286 g/mol. The van der Waals surface area contributed by atoms with Crippen molar-refractivity contribution in [1.82, 2.24) is 0 Å². The summed E-state index contributed by atoms with van der Waals surface area (Å²) in [6.07, 6.45) is -2.71. The quantitative estimate of drug-likeness (QED) is 0.608. The van der Waals surface area contributed by atoms with Crippen molar-refractivity contribution in [3.63, 3.8) is 0 Å². The second-order valence-electron chi connectivity index (χ2n) is 5.84. The van der Waals surface area contributed by atoms with Crippen LogP contribution >= 0.6 is 0 Å². The first-order valence-electron chi connectivity index (χ1n) is 6.75. The van der Waals surface area contributed by atoms with Crippen molar-refractivity contribution in [2.75, 3.05) is 6.61 Å². The summed E-state index contributed by atoms with van der Waals surface area (Å²) in [7, 11) is 0. The summed E-state index contributed by atoms with van der Waals surface area (Å²) < 4.78 is 22.4. The highest BCUT2D eigenvalue weighted by atomic mass is 16.8. The zero-order chi connectivity index (χ0) is 15.1. The van der Waals surface area contributed by atoms with Crippen molar-refractivity contribution >= 4 is 5.97 Å². The van der Waals surface area contributed by atoms with E-state index in [0.717, 1.165) is 0 Å². The zero-order valence-corrected chi connectivity index (χ0v) is 12.3. The molecule has 6 nitrogen and oxygen atoms in total. The molecule has 6 heteroatoms. The number of ether oxygens (including phenoxy) is 4. The number of aliphatic hydroxyl groups excluding tert-OH is 1. The van der Waals surface area contributed by atoms with E-state index in [-0.39, 0.29) is 12.7 Å². The molecule has 20 heavy (non-hydrogen) atoms. The summed E-state index contributed by atoms with van der Waals surface area (Å²) >= 11 is 0. The second kappa shape index (κ2) is 5.44. The molecule has 0 aromatic heterocycles. The maximum atomic E-state index is 12.0. The molecule has 0 amide bonds. The average Bonchev–Trinajstić information content (AvgIpc) is 2.63. The van der Waals surface area contributed by atoms with E-state index in [1.165, 1.54) is 0 Å². The van der Waals surface area contributed by atoms with Crippen LogP contribution < -0.4 is 0 Å². The van der Waals surface area contributed by atoms with Crippen molar-refractivity contribution in [3.05, 3.63) is 12.2 Å². The van der Waals surface area contributed by atoms with Gasteiger partial charge in [-0.2, -0.15) is 0 Å². The number of aliphatic hydroxyl groups is 1. The molecular weight excluding hydrogens is 264 g/mol. The molecule has 0 aliphatic carbocycles. The van der Waals surface area contributed by atoms with Crippen molar-refractivity contribution in [3.8, 4) is 0 Å². The van der Waals surface area contributed by atoms with Crippen molar-refractivity contribution in [2.45, 2.75) is 64.0 Å². The van der Waals surface area contributed by atoms with Gasteiger partial charge >= 0.3 is 5.97 Å². The first kappa shape index (κ1) is 15.4. The number of esters is 1. The van der Waals surface area contributed by atoms with Crippen LogP contribution in [0.4, 0.5) is 0 Å². The first-order chi connectivity index (χ1) is 9.25. The maximum absolute atomic E-state index is 12.0. The second-order valence-corrected chi connectivity index (χ2v) is 5.84. The van der Waals surface area contributed by atoms with E-state index in [2.05, 4.69) is 6.58 Å². The van der Waals surface area contributed by atoms with Gasteiger partial charge in [-0.3, -0.25) is 0 Å². The third-order valence-electron chi connectivity index (χ3n) is 3.26. The van der Waals surface area contributed by atoms with Gasteiger partial charge in [0.05, 0.1) is 12.7 Å². The lowest BCUT2D eigenvalue weighted by Crippen LogP contribution is -2.56. The van der Waals surface area contributed by atoms with Gasteiger partial charge in [0.2, 0.25) is 0 Å². The van der Waals surface area contributed by atoms with Gasteiger partial charge in [-0.15, -0.1) is 0 Å². The van der Waals surface area contributed by atoms with Crippen LogP contribution in [0.2, 0.25) is 0 Å². The number of hydrogen-bond donors (Lipinski definition) is 1. The van der Waals surface area contributed by atoms with E-state index in [1.54, 1.807) is 13.8 Å². The Labute approximate surface area is 118 Å². The zero-order valence-electron chi connectivity index (χ0n) is 12.3. The Morgan fingerprint density at radius 3 is 2.60 bits per heavy atom. The summed E-state index contributed by atoms with van der Waals surface area (Å²) in [5.74, 6) is -1.37. The molecule has 0 radical (unpaired) electrons. The van der Waals surface area contributed by atoms with Gasteiger partial charge in [-0.05, 0) is 33.3 Å². The lowest BCUT2D eigenvalue weighted by atomic mass is 9.98. The van der Waals surface area contributed by atoms with E-state index in [1.807, 2.05) is 13.8 Å². The monoisotopic (exact) mass is 286 g/mol. The van der Waals surface area contributed by atoms with Crippen molar-refractivity contribution < 1.29 is 28.8 Å². The van der Waals surface area contributed by atoms with Crippen LogP contribution in [-0.4, -0.2) is 54.0 Å². The predicted molar refractivity (Wildman–Crippen MR) is 69.9 cm³/mol. The van der Waals surface area contributed by atoms with E-state index >= 15 is 0 Å². The molecule has 0 saturated carbocycles. The molecular formula is C14H22O6. The first-order valence-corrected chi connectivity index (χ1v) is 6.75. The largest absolute Gasteiger partial charge is 0.454 e. The summed E-state index contributed by atoms with van der Waals surface area (Å²) in [5, 5.41) is 9.26. The minimum Gasteiger partial charge on any atom is -0.454 e. The molecule has 2 rings (SSSR count). The van der Waals surface area contributed by atoms with Gasteiger partial charge in [0.1, 0.15) is 12.2 Å². The van der Waals surface area contributed by atoms with Crippen LogP contribution in [0.5, 0.6) is 0 Å². The fraction of sp³-hybridized carbons (Fsp3) is 0.786. The molecule has 0 aromatic rings. The Hall–Kier alpha value is -0.950. The number of fused-ring (bicyclic) bond motifs is 1. The van der Waals surface area contributed by atoms with Crippen LogP contribution in [-0.2, 0) is 23.7 Å². The molecule has 2 heterocycles. The Morgan fingerprint density at radius 1 is 1.40 bits per heavy atom. The molecule has 0 aromatic carbocycles. The van der Waals surface area contributed by atoms with E-state index < -0.39 is 36.2 Å². The number of rotatable bonds is 4. The lowest BCUT2D eigenvalue weighted by molar-refractivity contribution is -0.322. The fourth-order valence-corrected chi connectivity index (χ4v) is 2.50. The summed E-state index contributed by atoms with van der Waals surface area (Å²) in [5.41, 5.74) is 0.453. The van der Waals surface area contributed by atoms with Gasteiger partial charge in [0, 0.05) is 0 Å². The van der Waals surface area contributed by atoms with Gasteiger partial charge in [-0.1, -0.05) is 6.58 Å². The number of hydrogen-bond acceptors (Lipinski definition) is 6. The summed E-state index contributed by atoms with van der Waals surface area (Å²) in [6, 6.07) is 0. The molecule has 0 bridgehead atoms. The molecule has 2 saturated heterocycles. The van der Waals surface area contributed by atoms with E-state index in [4.69, 9.17) is 18.9 Å². The maximum Gasteiger partial charge on any atom is 0.338 e.